The highest BCUT2D eigenvalue weighted by atomic mass is 35.5. The number of aromatic nitrogens is 2. The van der Waals surface area contributed by atoms with Gasteiger partial charge in [-0.2, -0.15) is 0 Å². The minimum atomic E-state index is 0.171. The molecule has 0 spiro atoms. The Labute approximate surface area is 171 Å². The van der Waals surface area contributed by atoms with E-state index in [2.05, 4.69) is 26.8 Å². The van der Waals surface area contributed by atoms with Gasteiger partial charge in [0.15, 0.2) is 0 Å². The van der Waals surface area contributed by atoms with Gasteiger partial charge < -0.3 is 9.80 Å². The van der Waals surface area contributed by atoms with Crippen molar-refractivity contribution >= 4 is 17.5 Å². The van der Waals surface area contributed by atoms with E-state index in [0.29, 0.717) is 10.9 Å². The Hall–Kier alpha value is -1.98. The van der Waals surface area contributed by atoms with Crippen LogP contribution in [0.1, 0.15) is 37.3 Å². The van der Waals surface area contributed by atoms with Gasteiger partial charge in [-0.3, -0.25) is 14.8 Å². The number of carbonyl (C=O) groups is 1. The van der Waals surface area contributed by atoms with E-state index >= 15 is 0 Å². The topological polar surface area (TPSA) is 49.3 Å². The Balaban J connectivity index is 1.53. The minimum absolute atomic E-state index is 0.171. The van der Waals surface area contributed by atoms with Crippen LogP contribution in [0.25, 0.3) is 11.3 Å². The second-order valence-electron chi connectivity index (χ2n) is 8.00. The molecule has 0 aliphatic carbocycles. The fourth-order valence-corrected chi connectivity index (χ4v) is 4.61. The molecule has 2 aromatic rings. The van der Waals surface area contributed by atoms with Gasteiger partial charge in [-0.15, -0.1) is 0 Å². The molecule has 0 N–H and O–H groups in total. The molecule has 148 valence electrons. The Morgan fingerprint density at radius 1 is 1.11 bits per heavy atom. The molecule has 0 radical (unpaired) electrons. The number of likely N-dealkylation sites (tertiary alicyclic amines) is 2. The van der Waals surface area contributed by atoms with Gasteiger partial charge in [0.1, 0.15) is 0 Å². The summed E-state index contributed by atoms with van der Waals surface area (Å²) in [6.45, 7) is 3.61. The van der Waals surface area contributed by atoms with Crippen LogP contribution >= 0.6 is 11.6 Å². The van der Waals surface area contributed by atoms with E-state index in [1.54, 1.807) is 12.4 Å². The molecule has 1 amide bonds. The van der Waals surface area contributed by atoms with Crippen LogP contribution in [0.5, 0.6) is 0 Å². The molecular weight excluding hydrogens is 372 g/mol. The average Bonchev–Trinajstić information content (AvgIpc) is 2.74. The highest BCUT2D eigenvalue weighted by molar-refractivity contribution is 6.30. The van der Waals surface area contributed by atoms with Crippen LogP contribution in [0.15, 0.2) is 36.7 Å². The van der Waals surface area contributed by atoms with Crippen LogP contribution in [0.3, 0.4) is 0 Å². The largest absolute Gasteiger partial charge is 0.342 e. The number of benzene rings is 1. The molecule has 1 aromatic heterocycles. The number of rotatable bonds is 3. The molecule has 2 aliphatic rings. The summed E-state index contributed by atoms with van der Waals surface area (Å²) >= 11 is 6.19. The van der Waals surface area contributed by atoms with Crippen LogP contribution < -0.4 is 0 Å². The number of carbonyl (C=O) groups excluding carboxylic acids is 1. The molecule has 2 saturated heterocycles. The predicted octanol–water partition coefficient (Wildman–Crippen LogP) is 3.84. The van der Waals surface area contributed by atoms with Gasteiger partial charge in [0.25, 0.3) is 0 Å². The highest BCUT2D eigenvalue weighted by Crippen LogP contribution is 2.33. The highest BCUT2D eigenvalue weighted by Gasteiger charge is 2.32. The summed E-state index contributed by atoms with van der Waals surface area (Å²) in [7, 11) is 2.13. The van der Waals surface area contributed by atoms with E-state index in [9.17, 15) is 4.79 Å². The van der Waals surface area contributed by atoms with E-state index in [0.717, 1.165) is 68.8 Å². The Kier molecular flexibility index (Phi) is 5.93. The van der Waals surface area contributed by atoms with Gasteiger partial charge in [0, 0.05) is 47.9 Å². The third-order valence-corrected chi connectivity index (χ3v) is 6.25. The van der Waals surface area contributed by atoms with Crippen molar-refractivity contribution in [1.82, 2.24) is 19.8 Å². The second-order valence-corrected chi connectivity index (χ2v) is 8.44. The van der Waals surface area contributed by atoms with Crippen molar-refractivity contribution in [2.24, 2.45) is 5.92 Å². The number of amides is 1. The molecule has 1 aromatic carbocycles. The van der Waals surface area contributed by atoms with Gasteiger partial charge >= 0.3 is 0 Å². The first kappa shape index (κ1) is 19.3. The zero-order valence-corrected chi connectivity index (χ0v) is 17.1. The number of piperidine rings is 2. The van der Waals surface area contributed by atoms with Gasteiger partial charge in [0.2, 0.25) is 5.91 Å². The molecule has 0 bridgehead atoms. The number of halogens is 1. The first-order chi connectivity index (χ1) is 13.6. The van der Waals surface area contributed by atoms with Gasteiger partial charge in [-0.25, -0.2) is 0 Å². The Bertz CT molecular complexity index is 835. The standard InChI is InChI=1S/C22H27ClN4O/c1-26-12-7-16(8-13-26)22(28)27-11-3-5-18(15-27)21-20(24-9-10-25-21)17-4-2-6-19(23)14-17/h2,4,6,9-10,14,16,18H,3,5,7-8,11-13,15H2,1H3/t18-/m0/s1. The van der Waals surface area contributed by atoms with E-state index < -0.39 is 0 Å². The predicted molar refractivity (Wildman–Crippen MR) is 111 cm³/mol. The monoisotopic (exact) mass is 398 g/mol. The molecule has 5 nitrogen and oxygen atoms in total. The lowest BCUT2D eigenvalue weighted by Crippen LogP contribution is -2.45. The summed E-state index contributed by atoms with van der Waals surface area (Å²) in [5.74, 6) is 0.710. The molecule has 3 heterocycles. The van der Waals surface area contributed by atoms with E-state index in [1.165, 1.54) is 0 Å². The van der Waals surface area contributed by atoms with Crippen molar-refractivity contribution in [3.8, 4) is 11.3 Å². The molecule has 2 aliphatic heterocycles. The fraction of sp³-hybridized carbons (Fsp3) is 0.500. The average molecular weight is 399 g/mol. The summed E-state index contributed by atoms with van der Waals surface area (Å²) in [6, 6.07) is 7.75. The number of nitrogens with zero attached hydrogens (tertiary/aromatic N) is 4. The molecule has 6 heteroatoms. The Morgan fingerprint density at radius 2 is 1.89 bits per heavy atom. The van der Waals surface area contributed by atoms with Crippen molar-refractivity contribution in [2.45, 2.75) is 31.6 Å². The van der Waals surface area contributed by atoms with Crippen LogP contribution in [-0.4, -0.2) is 58.9 Å². The second kappa shape index (κ2) is 8.58. The molecule has 0 saturated carbocycles. The van der Waals surface area contributed by atoms with Crippen molar-refractivity contribution in [1.29, 1.82) is 0 Å². The first-order valence-electron chi connectivity index (χ1n) is 10.2. The maximum Gasteiger partial charge on any atom is 0.225 e. The van der Waals surface area contributed by atoms with Crippen LogP contribution in [0.4, 0.5) is 0 Å². The minimum Gasteiger partial charge on any atom is -0.342 e. The number of hydrogen-bond acceptors (Lipinski definition) is 4. The van der Waals surface area contributed by atoms with Crippen molar-refractivity contribution in [2.75, 3.05) is 33.2 Å². The zero-order valence-electron chi connectivity index (χ0n) is 16.4. The van der Waals surface area contributed by atoms with Crippen molar-refractivity contribution in [3.63, 3.8) is 0 Å². The molecule has 2 fully saturated rings. The molecule has 4 rings (SSSR count). The third-order valence-electron chi connectivity index (χ3n) is 6.01. The quantitative estimate of drug-likeness (QED) is 0.788. The van der Waals surface area contributed by atoms with Crippen LogP contribution in [0.2, 0.25) is 5.02 Å². The number of hydrogen-bond donors (Lipinski definition) is 0. The molecule has 28 heavy (non-hydrogen) atoms. The van der Waals surface area contributed by atoms with Crippen molar-refractivity contribution in [3.05, 3.63) is 47.4 Å². The maximum absolute atomic E-state index is 13.1. The molecular formula is C22H27ClN4O. The van der Waals surface area contributed by atoms with Crippen LogP contribution in [0, 0.1) is 5.92 Å². The lowest BCUT2D eigenvalue weighted by Gasteiger charge is -2.37. The Morgan fingerprint density at radius 3 is 2.68 bits per heavy atom. The van der Waals surface area contributed by atoms with E-state index in [1.807, 2.05) is 24.3 Å². The van der Waals surface area contributed by atoms with Crippen LogP contribution in [-0.2, 0) is 4.79 Å². The lowest BCUT2D eigenvalue weighted by atomic mass is 9.89. The third kappa shape index (κ3) is 4.20. The lowest BCUT2D eigenvalue weighted by molar-refractivity contribution is -0.138. The van der Waals surface area contributed by atoms with Crippen molar-refractivity contribution < 1.29 is 4.79 Å². The van der Waals surface area contributed by atoms with Gasteiger partial charge in [-0.05, 0) is 58.0 Å². The first-order valence-corrected chi connectivity index (χ1v) is 10.5. The molecule has 0 unspecified atom stereocenters. The smallest absolute Gasteiger partial charge is 0.225 e. The normalized spacial score (nSPS) is 21.6. The summed E-state index contributed by atoms with van der Waals surface area (Å²) in [4.78, 5) is 26.7. The summed E-state index contributed by atoms with van der Waals surface area (Å²) in [6.07, 6.45) is 7.45. The maximum atomic E-state index is 13.1. The summed E-state index contributed by atoms with van der Waals surface area (Å²) in [5, 5.41) is 0.691. The summed E-state index contributed by atoms with van der Waals surface area (Å²) < 4.78 is 0. The van der Waals surface area contributed by atoms with Gasteiger partial charge in [-0.1, -0.05) is 23.7 Å². The van der Waals surface area contributed by atoms with Gasteiger partial charge in [0.05, 0.1) is 11.4 Å². The van der Waals surface area contributed by atoms with E-state index in [4.69, 9.17) is 11.6 Å². The SMILES string of the molecule is CN1CCC(C(=O)N2CCC[C@H](c3nccnc3-c3cccc(Cl)c3)C2)CC1. The fourth-order valence-electron chi connectivity index (χ4n) is 4.42. The van der Waals surface area contributed by atoms with E-state index in [-0.39, 0.29) is 11.8 Å². The summed E-state index contributed by atoms with van der Waals surface area (Å²) in [5.41, 5.74) is 2.84. The molecule has 1 atom stereocenters. The zero-order chi connectivity index (χ0) is 19.5.